The first-order valence-electron chi connectivity index (χ1n) is 8.75. The number of carbonyl (C=O) groups is 2. The monoisotopic (exact) mass is 330 g/mol. The molecule has 6 nitrogen and oxygen atoms in total. The lowest BCUT2D eigenvalue weighted by Gasteiger charge is -2.34. The number of benzene rings is 1. The molecule has 1 aromatic carbocycles. The molecule has 0 spiro atoms. The van der Waals surface area contributed by atoms with E-state index in [1.54, 1.807) is 24.3 Å². The predicted octanol–water partition coefficient (Wildman–Crippen LogP) is 2.17. The van der Waals surface area contributed by atoms with E-state index in [-0.39, 0.29) is 18.0 Å². The van der Waals surface area contributed by atoms with Crippen molar-refractivity contribution >= 4 is 17.6 Å². The van der Waals surface area contributed by atoms with E-state index in [2.05, 4.69) is 10.6 Å². The fraction of sp³-hybridized carbons (Fsp3) is 0.556. The number of piperidine rings is 1. The summed E-state index contributed by atoms with van der Waals surface area (Å²) in [5.41, 5.74) is 7.24. The zero-order valence-corrected chi connectivity index (χ0v) is 14.1. The Morgan fingerprint density at radius 1 is 1.29 bits per heavy atom. The van der Waals surface area contributed by atoms with E-state index < -0.39 is 0 Å². The molecular formula is C18H26N4O2. The minimum atomic E-state index is -0.211. The number of urea groups is 1. The van der Waals surface area contributed by atoms with Crippen molar-refractivity contribution in [3.05, 3.63) is 29.8 Å². The van der Waals surface area contributed by atoms with E-state index in [1.165, 1.54) is 0 Å². The molecule has 2 aliphatic rings. The molecule has 3 rings (SSSR count). The zero-order chi connectivity index (χ0) is 17.1. The number of carbonyl (C=O) groups excluding carboxylic acids is 2. The second-order valence-electron chi connectivity index (χ2n) is 6.97. The topological polar surface area (TPSA) is 87.5 Å². The summed E-state index contributed by atoms with van der Waals surface area (Å²) in [6, 6.07) is 7.32. The van der Waals surface area contributed by atoms with Crippen LogP contribution in [0.25, 0.3) is 0 Å². The van der Waals surface area contributed by atoms with Crippen LogP contribution in [0.15, 0.2) is 24.3 Å². The summed E-state index contributed by atoms with van der Waals surface area (Å²) in [7, 11) is 0. The first kappa shape index (κ1) is 16.8. The molecule has 2 atom stereocenters. The average molecular weight is 330 g/mol. The zero-order valence-electron chi connectivity index (χ0n) is 14.1. The van der Waals surface area contributed by atoms with Gasteiger partial charge in [-0.1, -0.05) is 6.07 Å². The number of nitrogens with one attached hydrogen (secondary N) is 2. The minimum absolute atomic E-state index is 0.00611. The van der Waals surface area contributed by atoms with E-state index in [9.17, 15) is 9.59 Å². The van der Waals surface area contributed by atoms with Gasteiger partial charge in [-0.2, -0.15) is 0 Å². The molecule has 2 fully saturated rings. The maximum absolute atomic E-state index is 12.8. The van der Waals surface area contributed by atoms with Gasteiger partial charge in [0.25, 0.3) is 5.91 Å². The van der Waals surface area contributed by atoms with E-state index in [0.29, 0.717) is 29.8 Å². The molecule has 0 bridgehead atoms. The van der Waals surface area contributed by atoms with Gasteiger partial charge in [-0.15, -0.1) is 0 Å². The summed E-state index contributed by atoms with van der Waals surface area (Å²) in [6.45, 7) is 3.47. The second kappa shape index (κ2) is 7.21. The summed E-state index contributed by atoms with van der Waals surface area (Å²) in [5, 5.41) is 5.67. The van der Waals surface area contributed by atoms with Crippen molar-refractivity contribution < 1.29 is 9.59 Å². The van der Waals surface area contributed by atoms with E-state index in [4.69, 9.17) is 5.73 Å². The van der Waals surface area contributed by atoms with E-state index in [0.717, 1.165) is 32.2 Å². The van der Waals surface area contributed by atoms with Crippen LogP contribution < -0.4 is 16.4 Å². The molecule has 1 aliphatic heterocycles. The molecular weight excluding hydrogens is 304 g/mol. The third-order valence-electron chi connectivity index (χ3n) is 4.77. The van der Waals surface area contributed by atoms with Gasteiger partial charge in [-0.05, 0) is 56.7 Å². The van der Waals surface area contributed by atoms with E-state index in [1.807, 2.05) is 11.8 Å². The Labute approximate surface area is 142 Å². The smallest absolute Gasteiger partial charge is 0.319 e. The standard InChI is InChI=1S/C18H26N4O2/c1-12(19)14-5-3-9-22(11-14)17(23)13-4-2-6-16(10-13)21-18(24)20-15-7-8-15/h2,4,6,10,12,14-15H,3,5,7-9,11,19H2,1H3,(H2,20,21,24). The van der Waals surface area contributed by atoms with Crippen LogP contribution in [0.3, 0.4) is 0 Å². The van der Waals surface area contributed by atoms with Gasteiger partial charge in [-0.3, -0.25) is 4.79 Å². The van der Waals surface area contributed by atoms with Crippen molar-refractivity contribution in [1.29, 1.82) is 0 Å². The number of hydrogen-bond donors (Lipinski definition) is 3. The molecule has 2 unspecified atom stereocenters. The summed E-state index contributed by atoms with van der Waals surface area (Å²) in [6.07, 6.45) is 4.15. The minimum Gasteiger partial charge on any atom is -0.338 e. The summed E-state index contributed by atoms with van der Waals surface area (Å²) >= 11 is 0. The number of rotatable bonds is 4. The van der Waals surface area contributed by atoms with Crippen LogP contribution in [0, 0.1) is 5.92 Å². The predicted molar refractivity (Wildman–Crippen MR) is 93.9 cm³/mol. The molecule has 0 aromatic heterocycles. The van der Waals surface area contributed by atoms with Crippen LogP contribution in [0.4, 0.5) is 10.5 Å². The van der Waals surface area contributed by atoms with Gasteiger partial charge >= 0.3 is 6.03 Å². The SMILES string of the molecule is CC(N)C1CCCN(C(=O)c2cccc(NC(=O)NC3CC3)c2)C1. The number of amides is 3. The number of nitrogens with zero attached hydrogens (tertiary/aromatic N) is 1. The molecule has 24 heavy (non-hydrogen) atoms. The Bertz CT molecular complexity index is 613. The summed E-state index contributed by atoms with van der Waals surface area (Å²) in [4.78, 5) is 26.5. The molecule has 4 N–H and O–H groups in total. The molecule has 1 saturated carbocycles. The second-order valence-corrected chi connectivity index (χ2v) is 6.97. The van der Waals surface area contributed by atoms with Gasteiger partial charge in [0.05, 0.1) is 0 Å². The van der Waals surface area contributed by atoms with Crippen molar-refractivity contribution in [3.8, 4) is 0 Å². The van der Waals surface area contributed by atoms with Gasteiger partial charge in [0.1, 0.15) is 0 Å². The molecule has 0 radical (unpaired) electrons. The quantitative estimate of drug-likeness (QED) is 0.790. The average Bonchev–Trinajstić information content (AvgIpc) is 3.38. The highest BCUT2D eigenvalue weighted by molar-refractivity contribution is 5.97. The van der Waals surface area contributed by atoms with Gasteiger partial charge in [0, 0.05) is 36.4 Å². The fourth-order valence-electron chi connectivity index (χ4n) is 3.12. The normalized spacial score (nSPS) is 21.9. The highest BCUT2D eigenvalue weighted by Crippen LogP contribution is 2.22. The molecule has 6 heteroatoms. The first-order chi connectivity index (χ1) is 11.5. The van der Waals surface area contributed by atoms with Gasteiger partial charge < -0.3 is 21.3 Å². The molecule has 3 amide bonds. The summed E-state index contributed by atoms with van der Waals surface area (Å²) < 4.78 is 0. The molecule has 130 valence electrons. The van der Waals surface area contributed by atoms with Gasteiger partial charge in [0.15, 0.2) is 0 Å². The lowest BCUT2D eigenvalue weighted by molar-refractivity contribution is 0.0661. The molecule has 1 saturated heterocycles. The highest BCUT2D eigenvalue weighted by Gasteiger charge is 2.27. The third-order valence-corrected chi connectivity index (χ3v) is 4.77. The maximum Gasteiger partial charge on any atom is 0.319 e. The summed E-state index contributed by atoms with van der Waals surface area (Å²) in [5.74, 6) is 0.361. The van der Waals surface area contributed by atoms with Crippen LogP contribution >= 0.6 is 0 Å². The Kier molecular flexibility index (Phi) is 5.04. The maximum atomic E-state index is 12.8. The molecule has 1 aliphatic carbocycles. The van der Waals surface area contributed by atoms with Gasteiger partial charge in [-0.25, -0.2) is 4.79 Å². The number of likely N-dealkylation sites (tertiary alicyclic amines) is 1. The van der Waals surface area contributed by atoms with Crippen molar-refractivity contribution in [3.63, 3.8) is 0 Å². The third kappa shape index (κ3) is 4.26. The Morgan fingerprint density at radius 2 is 2.08 bits per heavy atom. The van der Waals surface area contributed by atoms with Crippen molar-refractivity contribution in [2.75, 3.05) is 18.4 Å². The Morgan fingerprint density at radius 3 is 2.79 bits per heavy atom. The van der Waals surface area contributed by atoms with Crippen molar-refractivity contribution in [1.82, 2.24) is 10.2 Å². The number of hydrogen-bond acceptors (Lipinski definition) is 3. The van der Waals surface area contributed by atoms with Crippen LogP contribution in [0.1, 0.15) is 43.0 Å². The highest BCUT2D eigenvalue weighted by atomic mass is 16.2. The first-order valence-corrected chi connectivity index (χ1v) is 8.75. The van der Waals surface area contributed by atoms with Gasteiger partial charge in [0.2, 0.25) is 0 Å². The lowest BCUT2D eigenvalue weighted by atomic mass is 9.92. The lowest BCUT2D eigenvalue weighted by Crippen LogP contribution is -2.45. The Balaban J connectivity index is 1.63. The molecule has 1 aromatic rings. The van der Waals surface area contributed by atoms with Crippen LogP contribution in [0.5, 0.6) is 0 Å². The van der Waals surface area contributed by atoms with Crippen molar-refractivity contribution in [2.45, 2.75) is 44.7 Å². The van der Waals surface area contributed by atoms with Crippen molar-refractivity contribution in [2.24, 2.45) is 11.7 Å². The number of nitrogens with two attached hydrogens (primary N) is 1. The van der Waals surface area contributed by atoms with Crippen LogP contribution in [0.2, 0.25) is 0 Å². The van der Waals surface area contributed by atoms with Crippen LogP contribution in [-0.4, -0.2) is 42.0 Å². The fourth-order valence-corrected chi connectivity index (χ4v) is 3.12. The largest absolute Gasteiger partial charge is 0.338 e. The number of anilines is 1. The molecule has 1 heterocycles. The van der Waals surface area contributed by atoms with E-state index >= 15 is 0 Å². The Hall–Kier alpha value is -2.08. The van der Waals surface area contributed by atoms with Crippen LogP contribution in [-0.2, 0) is 0 Å².